The molecule has 0 radical (unpaired) electrons. The molecule has 0 aliphatic heterocycles. The summed E-state index contributed by atoms with van der Waals surface area (Å²) in [5.74, 6) is -3.93. The maximum Gasteiger partial charge on any atom is 0.189 e. The summed E-state index contributed by atoms with van der Waals surface area (Å²) in [6.45, 7) is 0. The minimum Gasteiger partial charge on any atom is -0.203 e. The highest BCUT2D eigenvalue weighted by molar-refractivity contribution is 7.78. The predicted octanol–water partition coefficient (Wildman–Crippen LogP) is 7.33. The third kappa shape index (κ3) is 3.51. The lowest BCUT2D eigenvalue weighted by Crippen LogP contribution is -2.14. The molecule has 2 aromatic carbocycles. The van der Waals surface area contributed by atoms with Gasteiger partial charge < -0.3 is 0 Å². The van der Waals surface area contributed by atoms with Crippen LogP contribution in [0.5, 0.6) is 0 Å². The van der Waals surface area contributed by atoms with E-state index in [9.17, 15) is 17.6 Å². The number of hydrogen-bond acceptors (Lipinski definition) is 2. The first-order chi connectivity index (χ1) is 13.5. The Morgan fingerprint density at radius 1 is 0.750 bits per heavy atom. The van der Waals surface area contributed by atoms with E-state index < -0.39 is 34.5 Å². The van der Waals surface area contributed by atoms with Crippen molar-refractivity contribution in [3.63, 3.8) is 0 Å². The Hall–Kier alpha value is -2.04. The van der Waals surface area contributed by atoms with Crippen molar-refractivity contribution in [1.82, 2.24) is 0 Å². The Morgan fingerprint density at radius 3 is 1.71 bits per heavy atom. The largest absolute Gasteiger partial charge is 0.203 e. The highest BCUT2D eigenvalue weighted by Crippen LogP contribution is 2.47. The van der Waals surface area contributed by atoms with Crippen LogP contribution in [0.2, 0.25) is 0 Å². The van der Waals surface area contributed by atoms with Gasteiger partial charge in [-0.3, -0.25) is 0 Å². The molecule has 2 fully saturated rings. The lowest BCUT2D eigenvalue weighted by molar-refractivity contribution is 0.296. The van der Waals surface area contributed by atoms with Crippen LogP contribution in [0, 0.1) is 35.1 Å². The Labute approximate surface area is 166 Å². The highest BCUT2D eigenvalue weighted by atomic mass is 32.1. The van der Waals surface area contributed by atoms with E-state index in [1.807, 2.05) is 0 Å². The van der Waals surface area contributed by atoms with E-state index >= 15 is 0 Å². The lowest BCUT2D eigenvalue weighted by atomic mass is 9.77. The van der Waals surface area contributed by atoms with Crippen molar-refractivity contribution in [1.29, 1.82) is 0 Å². The maximum absolute atomic E-state index is 14.4. The van der Waals surface area contributed by atoms with Crippen LogP contribution in [0.1, 0.15) is 50.0 Å². The number of aliphatic imine (C=N–C) groups is 1. The average molecular weight is 405 g/mol. The molecule has 0 heterocycles. The maximum atomic E-state index is 14.4. The third-order valence-corrected chi connectivity index (χ3v) is 6.22. The molecular formula is C22H19F4NS. The summed E-state index contributed by atoms with van der Waals surface area (Å²) in [6, 6.07) is 6.64. The Balaban J connectivity index is 1.60. The molecule has 6 heteroatoms. The van der Waals surface area contributed by atoms with Gasteiger partial charge in [-0.25, -0.2) is 17.6 Å². The zero-order valence-electron chi connectivity index (χ0n) is 15.2. The second kappa shape index (κ2) is 7.76. The molecule has 0 bridgehead atoms. The fraction of sp³-hybridized carbons (Fsp3) is 0.409. The molecule has 28 heavy (non-hydrogen) atoms. The van der Waals surface area contributed by atoms with E-state index in [4.69, 9.17) is 0 Å². The molecular weight excluding hydrogens is 386 g/mol. The van der Waals surface area contributed by atoms with E-state index in [2.05, 4.69) is 17.2 Å². The smallest absolute Gasteiger partial charge is 0.189 e. The fourth-order valence-electron chi connectivity index (χ4n) is 4.43. The van der Waals surface area contributed by atoms with Gasteiger partial charge in [0.15, 0.2) is 29.0 Å². The molecule has 0 amide bonds. The van der Waals surface area contributed by atoms with Crippen molar-refractivity contribution in [2.24, 2.45) is 16.8 Å². The van der Waals surface area contributed by atoms with Gasteiger partial charge in [0.1, 0.15) is 0 Å². The van der Waals surface area contributed by atoms with E-state index in [1.54, 1.807) is 17.3 Å². The number of isothiocyanates is 1. The molecule has 2 aliphatic carbocycles. The van der Waals surface area contributed by atoms with Crippen molar-refractivity contribution in [2.45, 2.75) is 44.4 Å². The van der Waals surface area contributed by atoms with Crippen LogP contribution >= 0.6 is 12.2 Å². The number of thiocarbonyl (C=S) groups is 1. The molecule has 0 aromatic heterocycles. The Bertz CT molecular complexity index is 909. The van der Waals surface area contributed by atoms with Gasteiger partial charge in [0.05, 0.1) is 10.7 Å². The number of halogens is 4. The van der Waals surface area contributed by atoms with E-state index in [-0.39, 0.29) is 5.56 Å². The highest BCUT2D eigenvalue weighted by Gasteiger charge is 2.34. The zero-order chi connectivity index (χ0) is 19.8. The molecule has 0 spiro atoms. The summed E-state index contributed by atoms with van der Waals surface area (Å²) in [5.41, 5.74) is -0.650. The number of hydrogen-bond donors (Lipinski definition) is 0. The Kier molecular flexibility index (Phi) is 5.35. The summed E-state index contributed by atoms with van der Waals surface area (Å²) in [4.78, 5) is 3.10. The van der Waals surface area contributed by atoms with Crippen LogP contribution in [0.25, 0.3) is 11.1 Å². The average Bonchev–Trinajstić information content (AvgIpc) is 3.56. The summed E-state index contributed by atoms with van der Waals surface area (Å²) in [7, 11) is 0. The molecule has 2 aliphatic rings. The second-order valence-electron chi connectivity index (χ2n) is 7.75. The van der Waals surface area contributed by atoms with E-state index in [1.165, 1.54) is 37.8 Å². The lowest BCUT2D eigenvalue weighted by Gasteiger charge is -2.29. The minimum absolute atomic E-state index is 0.0844. The van der Waals surface area contributed by atoms with Crippen LogP contribution in [-0.4, -0.2) is 5.16 Å². The second-order valence-corrected chi connectivity index (χ2v) is 7.94. The van der Waals surface area contributed by atoms with Gasteiger partial charge in [0.25, 0.3) is 0 Å². The van der Waals surface area contributed by atoms with Crippen molar-refractivity contribution < 1.29 is 17.6 Å². The first-order valence-corrected chi connectivity index (χ1v) is 9.96. The molecule has 1 nitrogen and oxygen atoms in total. The van der Waals surface area contributed by atoms with Gasteiger partial charge in [-0.1, -0.05) is 24.3 Å². The summed E-state index contributed by atoms with van der Waals surface area (Å²) in [6.07, 6.45) is 7.39. The van der Waals surface area contributed by atoms with Gasteiger partial charge in [-0.2, -0.15) is 4.99 Å². The van der Waals surface area contributed by atoms with E-state index in [0.29, 0.717) is 5.92 Å². The first kappa shape index (κ1) is 19.3. The van der Waals surface area contributed by atoms with Gasteiger partial charge in [-0.15, -0.1) is 0 Å². The number of rotatable bonds is 4. The third-order valence-electron chi connectivity index (χ3n) is 6.13. The summed E-state index contributed by atoms with van der Waals surface area (Å²) in [5, 5.41) is 1.73. The predicted molar refractivity (Wildman–Crippen MR) is 104 cm³/mol. The summed E-state index contributed by atoms with van der Waals surface area (Å²) < 4.78 is 57.0. The van der Waals surface area contributed by atoms with Gasteiger partial charge in [0, 0.05) is 0 Å². The molecule has 2 saturated carbocycles. The quantitative estimate of drug-likeness (QED) is 0.225. The minimum atomic E-state index is -1.58. The molecule has 0 atom stereocenters. The SMILES string of the molecule is Fc1c(F)c(-c2ccc(C3CCC(C4CC4)CC3)cc2)c(F)c(F)c1N=C=S. The van der Waals surface area contributed by atoms with Crippen molar-refractivity contribution >= 4 is 23.1 Å². The zero-order valence-corrected chi connectivity index (χ0v) is 16.0. The van der Waals surface area contributed by atoms with Crippen LogP contribution in [0.4, 0.5) is 23.2 Å². The van der Waals surface area contributed by atoms with E-state index in [0.717, 1.165) is 30.2 Å². The number of nitrogens with zero attached hydrogens (tertiary/aromatic N) is 1. The number of benzene rings is 2. The first-order valence-electron chi connectivity index (χ1n) is 9.55. The van der Waals surface area contributed by atoms with Gasteiger partial charge in [0.2, 0.25) is 0 Å². The fourth-order valence-corrected chi connectivity index (χ4v) is 4.52. The van der Waals surface area contributed by atoms with Crippen molar-refractivity contribution in [3.05, 3.63) is 53.1 Å². The Morgan fingerprint density at radius 2 is 1.25 bits per heavy atom. The van der Waals surface area contributed by atoms with Crippen molar-refractivity contribution in [3.8, 4) is 11.1 Å². The van der Waals surface area contributed by atoms with Crippen LogP contribution in [-0.2, 0) is 0 Å². The monoisotopic (exact) mass is 405 g/mol. The van der Waals surface area contributed by atoms with Crippen LogP contribution in [0.15, 0.2) is 29.3 Å². The molecule has 146 valence electrons. The molecule has 0 unspecified atom stereocenters. The van der Waals surface area contributed by atoms with Crippen LogP contribution in [0.3, 0.4) is 0 Å². The molecule has 0 N–H and O–H groups in total. The van der Waals surface area contributed by atoms with Crippen molar-refractivity contribution in [2.75, 3.05) is 0 Å². The summed E-state index contributed by atoms with van der Waals surface area (Å²) >= 11 is 4.27. The standard InChI is InChI=1S/C22H19F4NS/c23-18-17(19(24)21(26)22(20(18)25)27-11-28)16-9-7-15(8-10-16)14-5-3-13(4-6-14)12-1-2-12/h7-10,12-14H,1-6H2. The topological polar surface area (TPSA) is 12.4 Å². The van der Waals surface area contributed by atoms with Crippen LogP contribution < -0.4 is 0 Å². The molecule has 2 aromatic rings. The van der Waals surface area contributed by atoms with Gasteiger partial charge >= 0.3 is 0 Å². The normalized spacial score (nSPS) is 22.0. The molecule has 4 rings (SSSR count). The molecule has 0 saturated heterocycles. The van der Waals surface area contributed by atoms with Gasteiger partial charge in [-0.05, 0) is 79.6 Å².